The van der Waals surface area contributed by atoms with Crippen molar-refractivity contribution < 1.29 is 26.0 Å². The molecule has 0 radical (unpaired) electrons. The number of alkyl halides is 3. The highest BCUT2D eigenvalue weighted by molar-refractivity contribution is 7.92. The number of aryl methyl sites for hydroxylation is 1. The number of hydrogen-bond acceptors (Lipinski definition) is 3. The highest BCUT2D eigenvalue weighted by atomic mass is 32.2. The Labute approximate surface area is 164 Å². The van der Waals surface area contributed by atoms with Gasteiger partial charge in [-0.3, -0.25) is 4.31 Å². The summed E-state index contributed by atoms with van der Waals surface area (Å²) >= 11 is 1.27. The zero-order valence-corrected chi connectivity index (χ0v) is 16.7. The van der Waals surface area contributed by atoms with Crippen LogP contribution in [0, 0.1) is 5.82 Å². The van der Waals surface area contributed by atoms with Crippen molar-refractivity contribution in [2.75, 3.05) is 10.6 Å². The van der Waals surface area contributed by atoms with Crippen LogP contribution in [0.2, 0.25) is 0 Å². The number of rotatable bonds is 5. The third kappa shape index (κ3) is 4.00. The molecular weight excluding hydrogens is 414 g/mol. The van der Waals surface area contributed by atoms with Crippen molar-refractivity contribution in [3.05, 3.63) is 65.0 Å². The lowest BCUT2D eigenvalue weighted by molar-refractivity contribution is -0.140. The van der Waals surface area contributed by atoms with Crippen LogP contribution in [0.1, 0.15) is 23.6 Å². The van der Waals surface area contributed by atoms with Crippen LogP contribution in [-0.4, -0.2) is 14.7 Å². The average molecular weight is 431 g/mol. The Morgan fingerprint density at radius 2 is 1.79 bits per heavy atom. The first-order chi connectivity index (χ1) is 13.0. The molecule has 0 saturated heterocycles. The van der Waals surface area contributed by atoms with Crippen LogP contribution < -0.4 is 4.31 Å². The molecule has 3 rings (SSSR count). The van der Waals surface area contributed by atoms with Gasteiger partial charge in [0.1, 0.15) is 10.8 Å². The highest BCUT2D eigenvalue weighted by Crippen LogP contribution is 2.40. The fourth-order valence-corrected chi connectivity index (χ4v) is 5.54. The molecular formula is C19H17F4NO2S2. The minimum Gasteiger partial charge on any atom is -0.256 e. The summed E-state index contributed by atoms with van der Waals surface area (Å²) in [5.74, 6) is -1.39. The molecule has 9 heteroatoms. The highest BCUT2D eigenvalue weighted by Gasteiger charge is 2.34. The molecule has 0 unspecified atom stereocenters. The van der Waals surface area contributed by atoms with Crippen LogP contribution in [0.15, 0.2) is 42.5 Å². The zero-order chi connectivity index (χ0) is 20.7. The number of benzene rings is 2. The second kappa shape index (κ2) is 7.36. The lowest BCUT2D eigenvalue weighted by Gasteiger charge is -2.23. The van der Waals surface area contributed by atoms with Crippen LogP contribution in [0.5, 0.6) is 0 Å². The lowest BCUT2D eigenvalue weighted by atomic mass is 10.1. The molecule has 0 aliphatic carbocycles. The molecule has 0 atom stereocenters. The van der Waals surface area contributed by atoms with E-state index in [0.717, 1.165) is 26.2 Å². The number of hydrogen-bond donors (Lipinski definition) is 0. The summed E-state index contributed by atoms with van der Waals surface area (Å²) in [6, 6.07) is 9.97. The maximum atomic E-state index is 13.6. The third-order valence-corrected chi connectivity index (χ3v) is 6.78. The minimum atomic E-state index is -4.86. The third-order valence-electron chi connectivity index (χ3n) is 4.32. The predicted octanol–water partition coefficient (Wildman–Crippen LogP) is 5.59. The first kappa shape index (κ1) is 20.6. The standard InChI is InChI=1S/C19H17F4NO2S2/c1-3-13-14-6-4-5-7-17(14)27-18(13)24(28(2,25)26)11-12-8-9-16(20)15(10-12)19(21,22)23/h4-10H,3,11H2,1-2H3. The number of fused-ring (bicyclic) bond motifs is 1. The van der Waals surface area contributed by atoms with Crippen molar-refractivity contribution in [2.24, 2.45) is 0 Å². The van der Waals surface area contributed by atoms with Gasteiger partial charge in [-0.15, -0.1) is 11.3 Å². The summed E-state index contributed by atoms with van der Waals surface area (Å²) in [7, 11) is -3.79. The molecule has 1 aromatic heterocycles. The zero-order valence-electron chi connectivity index (χ0n) is 15.0. The van der Waals surface area contributed by atoms with Gasteiger partial charge in [0.05, 0.1) is 18.4 Å². The smallest absolute Gasteiger partial charge is 0.256 e. The summed E-state index contributed by atoms with van der Waals surface area (Å²) in [5.41, 5.74) is -0.548. The normalized spacial score (nSPS) is 12.5. The molecule has 3 nitrogen and oxygen atoms in total. The van der Waals surface area contributed by atoms with E-state index in [1.165, 1.54) is 17.4 Å². The number of nitrogens with zero attached hydrogens (tertiary/aromatic N) is 1. The van der Waals surface area contributed by atoms with Gasteiger partial charge in [-0.1, -0.05) is 31.2 Å². The molecule has 3 aromatic rings. The Morgan fingerprint density at radius 3 is 2.39 bits per heavy atom. The fourth-order valence-electron chi connectivity index (χ4n) is 3.02. The summed E-state index contributed by atoms with van der Waals surface area (Å²) in [6.45, 7) is 1.57. The SMILES string of the molecule is CCc1c(N(Cc2ccc(F)c(C(F)(F)F)c2)S(C)(=O)=O)sc2ccccc12. The quantitative estimate of drug-likeness (QED) is 0.494. The molecule has 0 bridgehead atoms. The van der Waals surface area contributed by atoms with Gasteiger partial charge in [0.2, 0.25) is 10.0 Å². The van der Waals surface area contributed by atoms with E-state index in [1.807, 2.05) is 31.2 Å². The van der Waals surface area contributed by atoms with Gasteiger partial charge in [-0.2, -0.15) is 13.2 Å². The molecule has 150 valence electrons. The number of anilines is 1. The van der Waals surface area contributed by atoms with Crippen molar-refractivity contribution in [3.63, 3.8) is 0 Å². The summed E-state index contributed by atoms with van der Waals surface area (Å²) in [5, 5.41) is 1.37. The molecule has 0 saturated carbocycles. The van der Waals surface area contributed by atoms with E-state index in [0.29, 0.717) is 23.6 Å². The predicted molar refractivity (Wildman–Crippen MR) is 104 cm³/mol. The molecule has 0 aliphatic heterocycles. The maximum absolute atomic E-state index is 13.6. The van der Waals surface area contributed by atoms with Crippen LogP contribution in [0.4, 0.5) is 22.6 Å². The Morgan fingerprint density at radius 1 is 1.11 bits per heavy atom. The van der Waals surface area contributed by atoms with Crippen LogP contribution in [-0.2, 0) is 29.2 Å². The van der Waals surface area contributed by atoms with E-state index in [-0.39, 0.29) is 12.1 Å². The Hall–Kier alpha value is -2.13. The molecule has 28 heavy (non-hydrogen) atoms. The van der Waals surface area contributed by atoms with Crippen LogP contribution in [0.25, 0.3) is 10.1 Å². The molecule has 0 aliphatic rings. The molecule has 0 fully saturated rings. The van der Waals surface area contributed by atoms with E-state index < -0.39 is 27.6 Å². The van der Waals surface area contributed by atoms with Crippen molar-refractivity contribution >= 4 is 36.4 Å². The second-order valence-corrected chi connectivity index (χ2v) is 9.25. The number of sulfonamides is 1. The van der Waals surface area contributed by atoms with Crippen molar-refractivity contribution in [2.45, 2.75) is 26.1 Å². The van der Waals surface area contributed by atoms with Crippen molar-refractivity contribution in [3.8, 4) is 0 Å². The van der Waals surface area contributed by atoms with Gasteiger partial charge in [0, 0.05) is 4.70 Å². The van der Waals surface area contributed by atoms with Gasteiger partial charge in [-0.25, -0.2) is 12.8 Å². The summed E-state index contributed by atoms with van der Waals surface area (Å²) < 4.78 is 79.5. The summed E-state index contributed by atoms with van der Waals surface area (Å²) in [4.78, 5) is 0. The van der Waals surface area contributed by atoms with Crippen molar-refractivity contribution in [1.82, 2.24) is 0 Å². The van der Waals surface area contributed by atoms with Gasteiger partial charge in [0.15, 0.2) is 0 Å². The van der Waals surface area contributed by atoms with E-state index in [9.17, 15) is 26.0 Å². The maximum Gasteiger partial charge on any atom is 0.419 e. The fraction of sp³-hybridized carbons (Fsp3) is 0.263. The van der Waals surface area contributed by atoms with E-state index in [1.54, 1.807) is 0 Å². The molecule has 0 spiro atoms. The van der Waals surface area contributed by atoms with Crippen LogP contribution in [0.3, 0.4) is 0 Å². The Bertz CT molecular complexity index is 1120. The Kier molecular flexibility index (Phi) is 5.42. The van der Waals surface area contributed by atoms with E-state index in [4.69, 9.17) is 0 Å². The van der Waals surface area contributed by atoms with Gasteiger partial charge >= 0.3 is 6.18 Å². The summed E-state index contributed by atoms with van der Waals surface area (Å²) in [6.07, 6.45) is -3.30. The topological polar surface area (TPSA) is 37.4 Å². The number of halogens is 4. The monoisotopic (exact) mass is 431 g/mol. The van der Waals surface area contributed by atoms with Crippen molar-refractivity contribution in [1.29, 1.82) is 0 Å². The average Bonchev–Trinajstić information content (AvgIpc) is 2.96. The van der Waals surface area contributed by atoms with Gasteiger partial charge in [-0.05, 0) is 41.1 Å². The van der Waals surface area contributed by atoms with E-state index in [2.05, 4.69) is 0 Å². The van der Waals surface area contributed by atoms with Gasteiger partial charge in [0.25, 0.3) is 0 Å². The van der Waals surface area contributed by atoms with Crippen LogP contribution >= 0.6 is 11.3 Å². The first-order valence-corrected chi connectivity index (χ1v) is 11.0. The van der Waals surface area contributed by atoms with E-state index >= 15 is 0 Å². The lowest BCUT2D eigenvalue weighted by Crippen LogP contribution is -2.29. The Balaban J connectivity index is 2.12. The molecule has 1 heterocycles. The molecule has 0 N–H and O–H groups in total. The number of thiophene rings is 1. The minimum absolute atomic E-state index is 0.0543. The molecule has 2 aromatic carbocycles. The largest absolute Gasteiger partial charge is 0.419 e. The van der Waals surface area contributed by atoms with Gasteiger partial charge < -0.3 is 0 Å². The first-order valence-electron chi connectivity index (χ1n) is 8.36. The second-order valence-electron chi connectivity index (χ2n) is 6.32. The molecule has 0 amide bonds.